The van der Waals surface area contributed by atoms with Crippen LogP contribution in [-0.4, -0.2) is 53.3 Å². The molecule has 0 atom stereocenters. The third-order valence-corrected chi connectivity index (χ3v) is 6.20. The molecule has 3 aromatic heterocycles. The fourth-order valence-electron chi connectivity index (χ4n) is 4.07. The number of hydrogen-bond donors (Lipinski definition) is 2. The molecule has 10 nitrogen and oxygen atoms in total. The Morgan fingerprint density at radius 1 is 1.00 bits per heavy atom. The third kappa shape index (κ3) is 6.82. The van der Waals surface area contributed by atoms with Gasteiger partial charge in [0.2, 0.25) is 0 Å². The number of anilines is 1. The maximum absolute atomic E-state index is 13.7. The summed E-state index contributed by atoms with van der Waals surface area (Å²) in [6.45, 7) is 8.47. The van der Waals surface area contributed by atoms with Gasteiger partial charge >= 0.3 is 12.1 Å². The number of pyridine rings is 1. The van der Waals surface area contributed by atoms with E-state index in [2.05, 4.69) is 30.9 Å². The minimum absolute atomic E-state index is 0.00988. The fraction of sp³-hybridized carbons (Fsp3) is 0.333. The monoisotopic (exact) mass is 624 g/mol. The number of hydrogen-bond acceptors (Lipinski definition) is 6. The Labute approximate surface area is 247 Å². The van der Waals surface area contributed by atoms with Crippen molar-refractivity contribution >= 4 is 29.1 Å². The first-order valence-corrected chi connectivity index (χ1v) is 13.1. The van der Waals surface area contributed by atoms with Crippen molar-refractivity contribution in [2.75, 3.05) is 5.32 Å². The van der Waals surface area contributed by atoms with Crippen molar-refractivity contribution < 1.29 is 31.5 Å². The Hall–Kier alpha value is -4.40. The molecule has 16 heteroatoms. The van der Waals surface area contributed by atoms with E-state index in [0.29, 0.717) is 16.6 Å². The van der Waals surface area contributed by atoms with Crippen molar-refractivity contribution in [1.82, 2.24) is 35.1 Å². The normalized spacial score (nSPS) is 12.3. The molecule has 0 radical (unpaired) electrons. The first kappa shape index (κ1) is 31.5. The molecule has 0 bridgehead atoms. The highest BCUT2D eigenvalue weighted by Gasteiger charge is 2.60. The molecule has 0 spiro atoms. The van der Waals surface area contributed by atoms with Crippen LogP contribution < -0.4 is 10.6 Å². The van der Waals surface area contributed by atoms with Crippen LogP contribution in [0, 0.1) is 13.8 Å². The summed E-state index contributed by atoms with van der Waals surface area (Å²) in [5, 5.41) is 16.8. The Kier molecular flexibility index (Phi) is 8.33. The molecule has 0 aliphatic rings. The molecule has 4 rings (SSSR count). The average Bonchev–Trinajstić information content (AvgIpc) is 3.52. The van der Waals surface area contributed by atoms with E-state index < -0.39 is 41.7 Å². The summed E-state index contributed by atoms with van der Waals surface area (Å²) in [6.07, 6.45) is -4.17. The van der Waals surface area contributed by atoms with Crippen LogP contribution in [0.15, 0.2) is 42.7 Å². The van der Waals surface area contributed by atoms with Gasteiger partial charge in [0.1, 0.15) is 12.2 Å². The van der Waals surface area contributed by atoms with E-state index in [-0.39, 0.29) is 33.5 Å². The van der Waals surface area contributed by atoms with Gasteiger partial charge in [0.15, 0.2) is 11.5 Å². The molecule has 1 aromatic carbocycles. The van der Waals surface area contributed by atoms with Gasteiger partial charge in [0.05, 0.1) is 28.2 Å². The summed E-state index contributed by atoms with van der Waals surface area (Å²) < 4.78 is 66.9. The number of alkyl halides is 5. The van der Waals surface area contributed by atoms with Gasteiger partial charge in [0, 0.05) is 11.7 Å². The molecule has 0 aliphatic carbocycles. The second-order valence-electron chi connectivity index (χ2n) is 10.7. The van der Waals surface area contributed by atoms with Gasteiger partial charge in [-0.3, -0.25) is 9.59 Å². The molecule has 3 heterocycles. The summed E-state index contributed by atoms with van der Waals surface area (Å²) in [5.74, 6) is -6.35. The maximum Gasteiger partial charge on any atom is 0.459 e. The minimum atomic E-state index is -5.87. The first-order valence-electron chi connectivity index (χ1n) is 12.7. The zero-order valence-electron chi connectivity index (χ0n) is 23.5. The smallest absolute Gasteiger partial charge is 0.347 e. The van der Waals surface area contributed by atoms with Crippen LogP contribution in [0.3, 0.4) is 0 Å². The molecule has 0 fully saturated rings. The number of nitrogens with one attached hydrogen (secondary N) is 2. The van der Waals surface area contributed by atoms with E-state index >= 15 is 0 Å². The molecule has 0 saturated heterocycles. The molecule has 228 valence electrons. The number of amides is 2. The van der Waals surface area contributed by atoms with Crippen LogP contribution in [0.1, 0.15) is 64.1 Å². The van der Waals surface area contributed by atoms with Gasteiger partial charge in [-0.1, -0.05) is 17.7 Å². The lowest BCUT2D eigenvalue weighted by Crippen LogP contribution is -2.41. The van der Waals surface area contributed by atoms with Crippen LogP contribution in [0.4, 0.5) is 27.6 Å². The molecule has 2 amide bonds. The molecule has 0 saturated carbocycles. The van der Waals surface area contributed by atoms with Crippen LogP contribution in [0.5, 0.6) is 0 Å². The number of benzene rings is 1. The van der Waals surface area contributed by atoms with Crippen molar-refractivity contribution in [2.45, 2.75) is 58.8 Å². The quantitative estimate of drug-likeness (QED) is 0.258. The Bertz CT molecular complexity index is 1690. The zero-order chi connectivity index (χ0) is 31.9. The fourth-order valence-corrected chi connectivity index (χ4v) is 4.27. The van der Waals surface area contributed by atoms with Gasteiger partial charge in [-0.15, -0.1) is 0 Å². The van der Waals surface area contributed by atoms with Crippen LogP contribution in [0.2, 0.25) is 5.02 Å². The highest BCUT2D eigenvalue weighted by molar-refractivity contribution is 6.32. The number of nitrogens with zero attached hydrogens (tertiary/aromatic N) is 6. The zero-order valence-corrected chi connectivity index (χ0v) is 24.3. The number of halogens is 6. The van der Waals surface area contributed by atoms with Gasteiger partial charge in [-0.05, 0) is 70.0 Å². The van der Waals surface area contributed by atoms with E-state index in [0.717, 1.165) is 10.2 Å². The Balaban J connectivity index is 1.74. The molecular weight excluding hydrogens is 599 g/mol. The van der Waals surface area contributed by atoms with E-state index in [4.69, 9.17) is 11.6 Å². The van der Waals surface area contributed by atoms with E-state index in [9.17, 15) is 31.5 Å². The van der Waals surface area contributed by atoms with E-state index in [1.807, 2.05) is 20.8 Å². The molecule has 0 unspecified atom stereocenters. The van der Waals surface area contributed by atoms with Crippen LogP contribution in [-0.2, 0) is 12.5 Å². The summed E-state index contributed by atoms with van der Waals surface area (Å²) in [4.78, 5) is 31.6. The number of aromatic nitrogens is 6. The van der Waals surface area contributed by atoms with Crippen LogP contribution in [0.25, 0.3) is 5.82 Å². The largest absolute Gasteiger partial charge is 0.459 e. The SMILES string of the molecule is Cc1cc(C)c(NC(=O)c2cc(Cn3ncc(C(F)(F)C(F)(F)F)n3)nn2-c2ncccc2Cl)c(C(=O)NC(C)(C)C)c1. The molecule has 4 aromatic rings. The molecule has 43 heavy (non-hydrogen) atoms. The van der Waals surface area contributed by atoms with E-state index in [1.165, 1.54) is 18.3 Å². The topological polar surface area (TPSA) is 120 Å². The van der Waals surface area contributed by atoms with Crippen molar-refractivity contribution in [1.29, 1.82) is 0 Å². The lowest BCUT2D eigenvalue weighted by molar-refractivity contribution is -0.291. The molecule has 2 N–H and O–H groups in total. The van der Waals surface area contributed by atoms with Crippen molar-refractivity contribution in [2.24, 2.45) is 0 Å². The average molecular weight is 625 g/mol. The van der Waals surface area contributed by atoms with Gasteiger partial charge < -0.3 is 10.6 Å². The third-order valence-electron chi connectivity index (χ3n) is 5.90. The maximum atomic E-state index is 13.7. The minimum Gasteiger partial charge on any atom is -0.347 e. The van der Waals surface area contributed by atoms with Crippen molar-refractivity contribution in [3.63, 3.8) is 0 Å². The lowest BCUT2D eigenvalue weighted by atomic mass is 10.0. The van der Waals surface area contributed by atoms with Crippen molar-refractivity contribution in [3.05, 3.63) is 81.5 Å². The number of carbonyl (C=O) groups excluding carboxylic acids is 2. The predicted octanol–water partition coefficient (Wildman–Crippen LogP) is 5.61. The van der Waals surface area contributed by atoms with Gasteiger partial charge in [-0.2, -0.15) is 42.0 Å². The highest BCUT2D eigenvalue weighted by atomic mass is 35.5. The summed E-state index contributed by atoms with van der Waals surface area (Å²) in [5.41, 5.74) is -0.474. The molecular formula is C27H26ClF5N8O2. The lowest BCUT2D eigenvalue weighted by Gasteiger charge is -2.22. The predicted molar refractivity (Wildman–Crippen MR) is 147 cm³/mol. The van der Waals surface area contributed by atoms with Crippen molar-refractivity contribution in [3.8, 4) is 5.82 Å². The standard InChI is InChI=1S/C27H26ClF5N8O2/c1-14-9-15(2)21(17(10-14)23(42)37-25(3,4)5)36-24(43)19-11-16(38-41(19)22-18(28)7-6-8-34-22)13-40-35-12-20(39-40)26(29,30)27(31,32)33/h6-12H,13H2,1-5H3,(H,36,43)(H,37,42). The summed E-state index contributed by atoms with van der Waals surface area (Å²) in [6, 6.07) is 7.69. The molecule has 0 aliphatic heterocycles. The number of aryl methyl sites for hydroxylation is 2. The number of rotatable bonds is 7. The Morgan fingerprint density at radius 2 is 1.70 bits per heavy atom. The first-order chi connectivity index (χ1) is 19.9. The second-order valence-corrected chi connectivity index (χ2v) is 11.1. The number of carbonyl (C=O) groups is 2. The highest BCUT2D eigenvalue weighted by Crippen LogP contribution is 2.42. The van der Waals surface area contributed by atoms with E-state index in [1.54, 1.807) is 32.0 Å². The van der Waals surface area contributed by atoms with Gasteiger partial charge in [0.25, 0.3) is 11.8 Å². The summed E-state index contributed by atoms with van der Waals surface area (Å²) in [7, 11) is 0. The second kappa shape index (κ2) is 11.4. The Morgan fingerprint density at radius 3 is 2.33 bits per heavy atom. The van der Waals surface area contributed by atoms with Crippen LogP contribution >= 0.6 is 11.6 Å². The van der Waals surface area contributed by atoms with Gasteiger partial charge in [-0.25, -0.2) is 9.67 Å². The summed E-state index contributed by atoms with van der Waals surface area (Å²) >= 11 is 6.30.